The van der Waals surface area contributed by atoms with E-state index in [2.05, 4.69) is 37.5 Å². The molecule has 0 bridgehead atoms. The van der Waals surface area contributed by atoms with Crippen LogP contribution in [-0.2, 0) is 11.3 Å². The number of hydrogen-bond acceptors (Lipinski definition) is 3. The van der Waals surface area contributed by atoms with Crippen molar-refractivity contribution >= 4 is 17.2 Å². The molecule has 2 unspecified atom stereocenters. The molecule has 106 valence electrons. The van der Waals surface area contributed by atoms with Gasteiger partial charge in [-0.05, 0) is 42.0 Å². The number of nitrogens with one attached hydrogen (secondary N) is 1. The highest BCUT2D eigenvalue weighted by Gasteiger charge is 2.46. The first-order valence-electron chi connectivity index (χ1n) is 6.90. The maximum Gasteiger partial charge on any atom is 0.237 e. The number of nitrogens with two attached hydrogens (primary N) is 1. The zero-order valence-corrected chi connectivity index (χ0v) is 12.8. The largest absolute Gasteiger partial charge is 0.368 e. The van der Waals surface area contributed by atoms with Crippen LogP contribution in [0.15, 0.2) is 17.5 Å². The standard InChI is InChI=1S/C15H24N2OS/c1-11-7-14(2,3)10-15(8-11,13(16)18)17-9-12-5-4-6-19-12/h4-6,11,17H,7-10H2,1-3H3,(H2,16,18). The molecule has 0 aromatic carbocycles. The number of primary amides is 1. The van der Waals surface area contributed by atoms with Crippen molar-refractivity contribution < 1.29 is 4.79 Å². The molecule has 0 spiro atoms. The van der Waals surface area contributed by atoms with Crippen LogP contribution in [0.3, 0.4) is 0 Å². The van der Waals surface area contributed by atoms with Gasteiger partial charge in [-0.3, -0.25) is 10.1 Å². The van der Waals surface area contributed by atoms with Gasteiger partial charge in [0.25, 0.3) is 0 Å². The van der Waals surface area contributed by atoms with Gasteiger partial charge in [-0.15, -0.1) is 11.3 Å². The Kier molecular flexibility index (Phi) is 4.02. The first kappa shape index (κ1) is 14.5. The molecule has 0 aliphatic heterocycles. The molecule has 1 aromatic heterocycles. The maximum absolute atomic E-state index is 12.0. The molecule has 1 amide bonds. The Hall–Kier alpha value is -0.870. The van der Waals surface area contributed by atoms with Gasteiger partial charge in [0.15, 0.2) is 0 Å². The van der Waals surface area contributed by atoms with Crippen LogP contribution in [0.1, 0.15) is 44.9 Å². The van der Waals surface area contributed by atoms with E-state index in [0.717, 1.165) is 25.8 Å². The normalized spacial score (nSPS) is 30.2. The first-order valence-corrected chi connectivity index (χ1v) is 7.78. The third kappa shape index (κ3) is 3.37. The Morgan fingerprint density at radius 2 is 2.26 bits per heavy atom. The van der Waals surface area contributed by atoms with Crippen molar-refractivity contribution in [1.29, 1.82) is 0 Å². The quantitative estimate of drug-likeness (QED) is 0.891. The van der Waals surface area contributed by atoms with E-state index in [1.165, 1.54) is 4.88 Å². The molecule has 1 aliphatic rings. The van der Waals surface area contributed by atoms with Gasteiger partial charge in [0, 0.05) is 11.4 Å². The first-order chi connectivity index (χ1) is 8.83. The Morgan fingerprint density at radius 3 is 2.79 bits per heavy atom. The van der Waals surface area contributed by atoms with Gasteiger partial charge >= 0.3 is 0 Å². The average molecular weight is 280 g/mol. The predicted molar refractivity (Wildman–Crippen MR) is 79.9 cm³/mol. The molecular weight excluding hydrogens is 256 g/mol. The monoisotopic (exact) mass is 280 g/mol. The van der Waals surface area contributed by atoms with E-state index in [1.807, 2.05) is 6.07 Å². The lowest BCUT2D eigenvalue weighted by Crippen LogP contribution is -2.60. The number of carbonyl (C=O) groups is 1. The van der Waals surface area contributed by atoms with Crippen LogP contribution in [0.2, 0.25) is 0 Å². The topological polar surface area (TPSA) is 55.1 Å². The molecule has 1 aromatic rings. The number of thiophene rings is 1. The third-order valence-electron chi connectivity index (χ3n) is 4.03. The van der Waals surface area contributed by atoms with Crippen LogP contribution >= 0.6 is 11.3 Å². The second-order valence-electron chi connectivity index (χ2n) is 6.73. The van der Waals surface area contributed by atoms with Crippen LogP contribution in [0.25, 0.3) is 0 Å². The fourth-order valence-corrected chi connectivity index (χ4v) is 4.30. The molecular formula is C15H24N2OS. The van der Waals surface area contributed by atoms with Crippen LogP contribution in [0.4, 0.5) is 0 Å². The van der Waals surface area contributed by atoms with Crippen molar-refractivity contribution in [2.45, 2.75) is 52.1 Å². The molecule has 4 heteroatoms. The predicted octanol–water partition coefficient (Wildman–Crippen LogP) is 2.91. The summed E-state index contributed by atoms with van der Waals surface area (Å²) in [4.78, 5) is 13.3. The molecule has 3 nitrogen and oxygen atoms in total. The zero-order chi connectivity index (χ0) is 14.1. The smallest absolute Gasteiger partial charge is 0.237 e. The maximum atomic E-state index is 12.0. The number of amides is 1. The van der Waals surface area contributed by atoms with Gasteiger partial charge in [-0.2, -0.15) is 0 Å². The molecule has 2 atom stereocenters. The van der Waals surface area contributed by atoms with E-state index in [0.29, 0.717) is 5.92 Å². The van der Waals surface area contributed by atoms with Gasteiger partial charge < -0.3 is 5.73 Å². The van der Waals surface area contributed by atoms with Gasteiger partial charge in [0.2, 0.25) is 5.91 Å². The summed E-state index contributed by atoms with van der Waals surface area (Å²) in [6, 6.07) is 4.12. The van der Waals surface area contributed by atoms with Crippen molar-refractivity contribution in [2.24, 2.45) is 17.1 Å². The van der Waals surface area contributed by atoms with Crippen molar-refractivity contribution in [3.63, 3.8) is 0 Å². The van der Waals surface area contributed by atoms with Gasteiger partial charge in [0.1, 0.15) is 0 Å². The summed E-state index contributed by atoms with van der Waals surface area (Å²) >= 11 is 1.71. The minimum absolute atomic E-state index is 0.162. The molecule has 0 saturated heterocycles. The van der Waals surface area contributed by atoms with Crippen LogP contribution < -0.4 is 11.1 Å². The summed E-state index contributed by atoms with van der Waals surface area (Å²) < 4.78 is 0. The summed E-state index contributed by atoms with van der Waals surface area (Å²) in [6.07, 6.45) is 2.82. The van der Waals surface area contributed by atoms with Gasteiger partial charge in [-0.1, -0.05) is 26.8 Å². The number of rotatable bonds is 4. The lowest BCUT2D eigenvalue weighted by atomic mass is 9.64. The van der Waals surface area contributed by atoms with Crippen molar-refractivity contribution in [1.82, 2.24) is 5.32 Å². The van der Waals surface area contributed by atoms with E-state index < -0.39 is 5.54 Å². The minimum atomic E-state index is -0.550. The molecule has 1 heterocycles. The molecule has 2 rings (SSSR count). The van der Waals surface area contributed by atoms with Crippen LogP contribution in [0.5, 0.6) is 0 Å². The van der Waals surface area contributed by atoms with E-state index in [1.54, 1.807) is 11.3 Å². The Morgan fingerprint density at radius 1 is 1.53 bits per heavy atom. The lowest BCUT2D eigenvalue weighted by Gasteiger charge is -2.46. The van der Waals surface area contributed by atoms with Crippen molar-refractivity contribution in [3.8, 4) is 0 Å². The number of carbonyl (C=O) groups excluding carboxylic acids is 1. The summed E-state index contributed by atoms with van der Waals surface area (Å²) in [5.41, 5.74) is 5.34. The SMILES string of the molecule is CC1CC(C)(C)CC(NCc2cccs2)(C(N)=O)C1. The van der Waals surface area contributed by atoms with Gasteiger partial charge in [-0.25, -0.2) is 0 Å². The van der Waals surface area contributed by atoms with Gasteiger partial charge in [0.05, 0.1) is 5.54 Å². The second-order valence-corrected chi connectivity index (χ2v) is 7.77. The fraction of sp³-hybridized carbons (Fsp3) is 0.667. The molecule has 1 fully saturated rings. The molecule has 19 heavy (non-hydrogen) atoms. The van der Waals surface area contributed by atoms with E-state index in [4.69, 9.17) is 5.73 Å². The van der Waals surface area contributed by atoms with Crippen LogP contribution in [0, 0.1) is 11.3 Å². The van der Waals surface area contributed by atoms with E-state index in [-0.39, 0.29) is 11.3 Å². The van der Waals surface area contributed by atoms with Crippen LogP contribution in [-0.4, -0.2) is 11.4 Å². The molecule has 1 aliphatic carbocycles. The Bertz CT molecular complexity index is 441. The molecule has 0 radical (unpaired) electrons. The Balaban J connectivity index is 2.15. The lowest BCUT2D eigenvalue weighted by molar-refractivity contribution is -0.128. The summed E-state index contributed by atoms with van der Waals surface area (Å²) in [7, 11) is 0. The number of hydrogen-bond donors (Lipinski definition) is 2. The van der Waals surface area contributed by atoms with Crippen molar-refractivity contribution in [3.05, 3.63) is 22.4 Å². The molecule has 3 N–H and O–H groups in total. The second kappa shape index (κ2) is 5.25. The highest BCUT2D eigenvalue weighted by Crippen LogP contribution is 2.43. The van der Waals surface area contributed by atoms with E-state index in [9.17, 15) is 4.79 Å². The highest BCUT2D eigenvalue weighted by molar-refractivity contribution is 7.09. The highest BCUT2D eigenvalue weighted by atomic mass is 32.1. The van der Waals surface area contributed by atoms with Crippen molar-refractivity contribution in [2.75, 3.05) is 0 Å². The summed E-state index contributed by atoms with van der Waals surface area (Å²) in [5.74, 6) is 0.316. The average Bonchev–Trinajstić information content (AvgIpc) is 2.76. The van der Waals surface area contributed by atoms with E-state index >= 15 is 0 Å². The Labute approximate surface area is 119 Å². The zero-order valence-electron chi connectivity index (χ0n) is 12.0. The third-order valence-corrected chi connectivity index (χ3v) is 4.91. The summed E-state index contributed by atoms with van der Waals surface area (Å²) in [5, 5.41) is 5.52. The fourth-order valence-electron chi connectivity index (χ4n) is 3.65. The molecule has 1 saturated carbocycles. The summed E-state index contributed by atoms with van der Waals surface area (Å²) in [6.45, 7) is 7.40. The minimum Gasteiger partial charge on any atom is -0.368 e.